The second-order valence-electron chi connectivity index (χ2n) is 4.61. The van der Waals surface area contributed by atoms with E-state index in [9.17, 15) is 8.42 Å². The molecule has 2 rings (SSSR count). The van der Waals surface area contributed by atoms with E-state index in [-0.39, 0.29) is 11.1 Å². The van der Waals surface area contributed by atoms with Crippen LogP contribution in [-0.2, 0) is 10.0 Å². The molecule has 1 atom stereocenters. The minimum atomic E-state index is -3.49. The Kier molecular flexibility index (Phi) is 4.29. The van der Waals surface area contributed by atoms with Crippen LogP contribution in [0.1, 0.15) is 31.5 Å². The van der Waals surface area contributed by atoms with E-state index < -0.39 is 10.0 Å². The molecule has 0 saturated carbocycles. The smallest absolute Gasteiger partial charge is 0.260 e. The molecule has 5 nitrogen and oxygen atoms in total. The third-order valence-electron chi connectivity index (χ3n) is 3.27. The maximum atomic E-state index is 12.5. The summed E-state index contributed by atoms with van der Waals surface area (Å²) in [6.07, 6.45) is 5.18. The van der Waals surface area contributed by atoms with Crippen molar-refractivity contribution in [2.75, 3.05) is 12.4 Å². The Hall–Kier alpha value is -0.590. The number of H-pyrrole nitrogens is 1. The van der Waals surface area contributed by atoms with Crippen molar-refractivity contribution < 1.29 is 8.42 Å². The SMILES string of the molecule is Cc1ncc(S(=O)(=O)N2CCCCCC2CCl)[nH]1. The van der Waals surface area contributed by atoms with Gasteiger partial charge in [0.25, 0.3) is 10.0 Å². The second-order valence-corrected chi connectivity index (χ2v) is 6.77. The average Bonchev–Trinajstić information content (AvgIpc) is 2.65. The number of alkyl halides is 1. The average molecular weight is 292 g/mol. The number of aryl methyl sites for hydroxylation is 1. The molecule has 1 aromatic rings. The van der Waals surface area contributed by atoms with Gasteiger partial charge in [0.2, 0.25) is 0 Å². The standard InChI is InChI=1S/C11H18ClN3O2S/c1-9-13-8-11(14-9)18(16,17)15-6-4-2-3-5-10(15)7-12/h8,10H,2-7H2,1H3,(H,13,14). The van der Waals surface area contributed by atoms with Crippen molar-refractivity contribution in [2.45, 2.75) is 43.7 Å². The molecule has 18 heavy (non-hydrogen) atoms. The number of aromatic nitrogens is 2. The lowest BCUT2D eigenvalue weighted by Gasteiger charge is -2.26. The first-order valence-electron chi connectivity index (χ1n) is 6.15. The minimum Gasteiger partial charge on any atom is -0.332 e. The van der Waals surface area contributed by atoms with Crippen LogP contribution >= 0.6 is 11.6 Å². The van der Waals surface area contributed by atoms with Crippen LogP contribution < -0.4 is 0 Å². The summed E-state index contributed by atoms with van der Waals surface area (Å²) >= 11 is 5.91. The van der Waals surface area contributed by atoms with E-state index in [1.54, 1.807) is 6.92 Å². The van der Waals surface area contributed by atoms with E-state index in [0.717, 1.165) is 25.7 Å². The van der Waals surface area contributed by atoms with Crippen LogP contribution in [0.5, 0.6) is 0 Å². The highest BCUT2D eigenvalue weighted by molar-refractivity contribution is 7.89. The zero-order valence-electron chi connectivity index (χ0n) is 10.4. The molecule has 0 amide bonds. The van der Waals surface area contributed by atoms with Gasteiger partial charge in [-0.15, -0.1) is 11.6 Å². The zero-order valence-corrected chi connectivity index (χ0v) is 12.0. The van der Waals surface area contributed by atoms with Gasteiger partial charge in [-0.2, -0.15) is 4.31 Å². The summed E-state index contributed by atoms with van der Waals surface area (Å²) in [4.78, 5) is 6.75. The molecule has 0 radical (unpaired) electrons. The highest BCUT2D eigenvalue weighted by atomic mass is 35.5. The van der Waals surface area contributed by atoms with E-state index >= 15 is 0 Å². The number of rotatable bonds is 3. The largest absolute Gasteiger partial charge is 0.332 e. The summed E-state index contributed by atoms with van der Waals surface area (Å²) in [6.45, 7) is 2.28. The first-order valence-corrected chi connectivity index (χ1v) is 8.12. The Morgan fingerprint density at radius 3 is 2.89 bits per heavy atom. The number of imidazole rings is 1. The first-order chi connectivity index (χ1) is 8.55. The molecule has 0 aliphatic carbocycles. The number of nitrogens with one attached hydrogen (secondary N) is 1. The number of aromatic amines is 1. The second kappa shape index (κ2) is 5.59. The Morgan fingerprint density at radius 1 is 1.50 bits per heavy atom. The topological polar surface area (TPSA) is 66.1 Å². The van der Waals surface area contributed by atoms with Crippen molar-refractivity contribution in [1.29, 1.82) is 0 Å². The monoisotopic (exact) mass is 291 g/mol. The zero-order chi connectivity index (χ0) is 13.2. The van der Waals surface area contributed by atoms with Gasteiger partial charge in [-0.3, -0.25) is 0 Å². The van der Waals surface area contributed by atoms with Crippen molar-refractivity contribution in [3.63, 3.8) is 0 Å². The van der Waals surface area contributed by atoms with Crippen molar-refractivity contribution in [3.05, 3.63) is 12.0 Å². The van der Waals surface area contributed by atoms with Gasteiger partial charge >= 0.3 is 0 Å². The fraction of sp³-hybridized carbons (Fsp3) is 0.727. The van der Waals surface area contributed by atoms with E-state index in [1.807, 2.05) is 0 Å². The third-order valence-corrected chi connectivity index (χ3v) is 5.49. The molecule has 1 saturated heterocycles. The van der Waals surface area contributed by atoms with Gasteiger partial charge in [0.15, 0.2) is 5.03 Å². The fourth-order valence-corrected chi connectivity index (χ4v) is 4.34. The van der Waals surface area contributed by atoms with Gasteiger partial charge in [0.1, 0.15) is 5.82 Å². The van der Waals surface area contributed by atoms with Gasteiger partial charge in [-0.1, -0.05) is 12.8 Å². The van der Waals surface area contributed by atoms with Crippen LogP contribution in [0.4, 0.5) is 0 Å². The summed E-state index contributed by atoms with van der Waals surface area (Å²) in [7, 11) is -3.49. The molecular weight excluding hydrogens is 274 g/mol. The van der Waals surface area contributed by atoms with Crippen molar-refractivity contribution in [1.82, 2.24) is 14.3 Å². The number of hydrogen-bond acceptors (Lipinski definition) is 3. The Morgan fingerprint density at radius 2 is 2.28 bits per heavy atom. The highest BCUT2D eigenvalue weighted by Gasteiger charge is 2.32. The van der Waals surface area contributed by atoms with Crippen LogP contribution in [0, 0.1) is 6.92 Å². The molecule has 1 fully saturated rings. The molecule has 1 aliphatic rings. The van der Waals surface area contributed by atoms with Gasteiger partial charge in [0, 0.05) is 18.5 Å². The Bertz CT molecular complexity index is 500. The molecule has 0 bridgehead atoms. The van der Waals surface area contributed by atoms with Crippen LogP contribution in [0.3, 0.4) is 0 Å². The van der Waals surface area contributed by atoms with Crippen LogP contribution in [0.15, 0.2) is 11.2 Å². The summed E-state index contributed by atoms with van der Waals surface area (Å²) in [6, 6.07) is -0.109. The predicted octanol–water partition coefficient (Wildman–Crippen LogP) is 1.89. The number of sulfonamides is 1. The number of halogens is 1. The van der Waals surface area contributed by atoms with E-state index in [4.69, 9.17) is 11.6 Å². The number of hydrogen-bond donors (Lipinski definition) is 1. The van der Waals surface area contributed by atoms with Gasteiger partial charge in [-0.25, -0.2) is 13.4 Å². The summed E-state index contributed by atoms with van der Waals surface area (Å²) < 4.78 is 26.6. The fourth-order valence-electron chi connectivity index (χ4n) is 2.28. The maximum Gasteiger partial charge on any atom is 0.260 e. The van der Waals surface area contributed by atoms with Gasteiger partial charge < -0.3 is 4.98 Å². The molecule has 0 aromatic carbocycles. The highest BCUT2D eigenvalue weighted by Crippen LogP contribution is 2.24. The Labute approximate surface area is 113 Å². The Balaban J connectivity index is 2.32. The lowest BCUT2D eigenvalue weighted by Crippen LogP contribution is -2.41. The third kappa shape index (κ3) is 2.70. The van der Waals surface area contributed by atoms with Crippen molar-refractivity contribution >= 4 is 21.6 Å². The summed E-state index contributed by atoms with van der Waals surface area (Å²) in [5.41, 5.74) is 0. The summed E-state index contributed by atoms with van der Waals surface area (Å²) in [5.74, 6) is 0.942. The molecule has 1 unspecified atom stereocenters. The van der Waals surface area contributed by atoms with E-state index in [0.29, 0.717) is 18.2 Å². The molecule has 2 heterocycles. The molecule has 1 aromatic heterocycles. The lowest BCUT2D eigenvalue weighted by atomic mass is 10.1. The lowest BCUT2D eigenvalue weighted by molar-refractivity contribution is 0.344. The van der Waals surface area contributed by atoms with Crippen molar-refractivity contribution in [3.8, 4) is 0 Å². The van der Waals surface area contributed by atoms with Gasteiger partial charge in [-0.05, 0) is 19.8 Å². The number of nitrogens with zero attached hydrogens (tertiary/aromatic N) is 2. The summed E-state index contributed by atoms with van der Waals surface area (Å²) in [5, 5.41) is 0.164. The molecule has 1 aliphatic heterocycles. The van der Waals surface area contributed by atoms with Gasteiger partial charge in [0.05, 0.1) is 6.20 Å². The van der Waals surface area contributed by atoms with E-state index in [1.165, 1.54) is 10.5 Å². The minimum absolute atomic E-state index is 0.109. The molecule has 0 spiro atoms. The molecule has 102 valence electrons. The quantitative estimate of drug-likeness (QED) is 0.865. The van der Waals surface area contributed by atoms with Crippen LogP contribution in [-0.4, -0.2) is 41.2 Å². The molecular formula is C11H18ClN3O2S. The maximum absolute atomic E-state index is 12.5. The molecule has 1 N–H and O–H groups in total. The van der Waals surface area contributed by atoms with Crippen LogP contribution in [0.2, 0.25) is 0 Å². The first kappa shape index (κ1) is 13.8. The van der Waals surface area contributed by atoms with Crippen molar-refractivity contribution in [2.24, 2.45) is 0 Å². The predicted molar refractivity (Wildman–Crippen MR) is 70.2 cm³/mol. The van der Waals surface area contributed by atoms with Crippen LogP contribution in [0.25, 0.3) is 0 Å². The van der Waals surface area contributed by atoms with E-state index in [2.05, 4.69) is 9.97 Å². The molecule has 7 heteroatoms. The normalized spacial score (nSPS) is 22.9.